The summed E-state index contributed by atoms with van der Waals surface area (Å²) < 4.78 is 0. The minimum Gasteiger partial charge on any atom is -0.400 e. The van der Waals surface area contributed by atoms with Crippen molar-refractivity contribution in [1.82, 2.24) is 9.97 Å². The average Bonchev–Trinajstić information content (AvgIpc) is 2.77. The molecule has 0 saturated carbocycles. The molecule has 0 amide bonds. The van der Waals surface area contributed by atoms with Gasteiger partial charge in [0.05, 0.1) is 6.21 Å². The molecule has 16 heavy (non-hydrogen) atoms. The van der Waals surface area contributed by atoms with Crippen LogP contribution >= 0.6 is 0 Å². The first kappa shape index (κ1) is 12.1. The van der Waals surface area contributed by atoms with Crippen molar-refractivity contribution in [2.75, 3.05) is 7.05 Å². The van der Waals surface area contributed by atoms with Crippen molar-refractivity contribution >= 4 is 12.2 Å². The quantitative estimate of drug-likeness (QED) is 0.588. The van der Waals surface area contributed by atoms with Crippen molar-refractivity contribution in [3.05, 3.63) is 23.8 Å². The summed E-state index contributed by atoms with van der Waals surface area (Å²) in [4.78, 5) is 10.6. The normalized spacial score (nSPS) is 13.6. The van der Waals surface area contributed by atoms with E-state index >= 15 is 0 Å². The Hall–Kier alpha value is -1.98. The molecular weight excluding hydrogens is 204 g/mol. The Bertz CT molecular complexity index is 387. The van der Waals surface area contributed by atoms with E-state index in [2.05, 4.69) is 32.1 Å². The van der Waals surface area contributed by atoms with E-state index in [9.17, 15) is 0 Å². The number of hydrogen-bond donors (Lipinski definition) is 2. The van der Waals surface area contributed by atoms with Crippen molar-refractivity contribution < 1.29 is 0 Å². The van der Waals surface area contributed by atoms with Gasteiger partial charge in [0.15, 0.2) is 0 Å². The molecule has 1 heterocycles. The third-order valence-electron chi connectivity index (χ3n) is 1.84. The molecule has 6 heteroatoms. The van der Waals surface area contributed by atoms with Crippen molar-refractivity contribution in [3.8, 4) is 0 Å². The molecule has 0 aliphatic heterocycles. The topological polar surface area (TPSA) is 91.8 Å². The fourth-order valence-corrected chi connectivity index (χ4v) is 1.11. The second kappa shape index (κ2) is 6.49. The van der Waals surface area contributed by atoms with Gasteiger partial charge in [-0.1, -0.05) is 13.3 Å². The molecule has 0 aliphatic rings. The van der Waals surface area contributed by atoms with Crippen LogP contribution in [0.5, 0.6) is 0 Å². The smallest absolute Gasteiger partial charge is 0.246 e. The molecule has 0 aromatic carbocycles. The van der Waals surface area contributed by atoms with E-state index in [4.69, 9.17) is 5.73 Å². The molecule has 0 saturated heterocycles. The summed E-state index contributed by atoms with van der Waals surface area (Å²) in [6.07, 6.45) is 6.63. The molecule has 0 spiro atoms. The molecule has 0 bridgehead atoms. The Morgan fingerprint density at radius 1 is 1.62 bits per heavy atom. The Kier molecular flexibility index (Phi) is 4.91. The van der Waals surface area contributed by atoms with Crippen LogP contribution in [0.2, 0.25) is 0 Å². The zero-order valence-corrected chi connectivity index (χ0v) is 9.51. The zero-order valence-electron chi connectivity index (χ0n) is 9.51. The molecule has 86 valence electrons. The van der Waals surface area contributed by atoms with Crippen LogP contribution in [0.4, 0.5) is 5.95 Å². The Morgan fingerprint density at radius 2 is 2.44 bits per heavy atom. The van der Waals surface area contributed by atoms with Crippen LogP contribution in [0.25, 0.3) is 0 Å². The van der Waals surface area contributed by atoms with E-state index in [1.807, 2.05) is 0 Å². The Balaban J connectivity index is 2.83. The lowest BCUT2D eigenvalue weighted by Crippen LogP contribution is -2.01. The fourth-order valence-electron chi connectivity index (χ4n) is 1.11. The second-order valence-electron chi connectivity index (χ2n) is 3.16. The number of aromatic amines is 1. The lowest BCUT2D eigenvalue weighted by Gasteiger charge is -1.99. The molecule has 1 aromatic rings. The largest absolute Gasteiger partial charge is 0.400 e. The second-order valence-corrected chi connectivity index (χ2v) is 3.16. The third-order valence-corrected chi connectivity index (χ3v) is 1.84. The maximum absolute atomic E-state index is 5.86. The van der Waals surface area contributed by atoms with E-state index < -0.39 is 0 Å². The molecule has 0 aliphatic carbocycles. The number of imidazole rings is 1. The summed E-state index contributed by atoms with van der Waals surface area (Å²) in [5.74, 6) is 0.450. The lowest BCUT2D eigenvalue weighted by atomic mass is 10.2. The van der Waals surface area contributed by atoms with E-state index in [1.54, 1.807) is 25.7 Å². The van der Waals surface area contributed by atoms with Gasteiger partial charge in [-0.05, 0) is 6.42 Å². The highest BCUT2D eigenvalue weighted by atomic mass is 15.2. The average molecular weight is 220 g/mol. The van der Waals surface area contributed by atoms with Gasteiger partial charge in [0.1, 0.15) is 5.70 Å². The van der Waals surface area contributed by atoms with E-state index in [0.29, 0.717) is 17.3 Å². The first-order valence-electron chi connectivity index (χ1n) is 5.09. The van der Waals surface area contributed by atoms with Crippen LogP contribution in [0, 0.1) is 0 Å². The first-order chi connectivity index (χ1) is 7.77. The predicted octanol–water partition coefficient (Wildman–Crippen LogP) is 2.16. The molecule has 1 aromatic heterocycles. The van der Waals surface area contributed by atoms with Gasteiger partial charge in [-0.25, -0.2) is 4.98 Å². The van der Waals surface area contributed by atoms with E-state index in [-0.39, 0.29) is 0 Å². The van der Waals surface area contributed by atoms with Crippen molar-refractivity contribution in [1.29, 1.82) is 0 Å². The van der Waals surface area contributed by atoms with Crippen LogP contribution in [0.1, 0.15) is 19.8 Å². The SMILES string of the molecule is CCC/C(N)=C(\C=N/C)/N=N/c1ncc[nH]1. The van der Waals surface area contributed by atoms with Gasteiger partial charge in [0.25, 0.3) is 0 Å². The lowest BCUT2D eigenvalue weighted by molar-refractivity contribution is 0.877. The van der Waals surface area contributed by atoms with Crippen LogP contribution < -0.4 is 5.73 Å². The number of aromatic nitrogens is 2. The molecular formula is C10H16N6. The number of allylic oxidation sites excluding steroid dienone is 2. The van der Waals surface area contributed by atoms with Crippen LogP contribution in [0.3, 0.4) is 0 Å². The summed E-state index contributed by atoms with van der Waals surface area (Å²) in [6.45, 7) is 2.05. The van der Waals surface area contributed by atoms with Crippen LogP contribution in [-0.4, -0.2) is 23.2 Å². The minimum absolute atomic E-state index is 0.450. The monoisotopic (exact) mass is 220 g/mol. The van der Waals surface area contributed by atoms with E-state index in [0.717, 1.165) is 12.8 Å². The Morgan fingerprint density at radius 3 is 3.00 bits per heavy atom. The van der Waals surface area contributed by atoms with Gasteiger partial charge in [-0.15, -0.1) is 10.2 Å². The summed E-state index contributed by atoms with van der Waals surface area (Å²) in [6, 6.07) is 0. The summed E-state index contributed by atoms with van der Waals surface area (Å²) in [7, 11) is 1.67. The highest BCUT2D eigenvalue weighted by Crippen LogP contribution is 2.09. The van der Waals surface area contributed by atoms with Gasteiger partial charge in [0, 0.05) is 25.1 Å². The number of hydrogen-bond acceptors (Lipinski definition) is 5. The molecule has 0 fully saturated rings. The number of aliphatic imine (C=N–C) groups is 1. The number of rotatable bonds is 5. The van der Waals surface area contributed by atoms with Crippen LogP contribution in [-0.2, 0) is 0 Å². The maximum Gasteiger partial charge on any atom is 0.246 e. The Labute approximate surface area is 94.4 Å². The summed E-state index contributed by atoms with van der Waals surface area (Å²) >= 11 is 0. The highest BCUT2D eigenvalue weighted by Gasteiger charge is 1.99. The van der Waals surface area contributed by atoms with Crippen LogP contribution in [0.15, 0.2) is 39.0 Å². The molecule has 0 unspecified atom stereocenters. The highest BCUT2D eigenvalue weighted by molar-refractivity contribution is 5.78. The summed E-state index contributed by atoms with van der Waals surface area (Å²) in [5, 5.41) is 7.93. The summed E-state index contributed by atoms with van der Waals surface area (Å²) in [5.41, 5.74) is 7.13. The van der Waals surface area contributed by atoms with Gasteiger partial charge < -0.3 is 10.7 Å². The fraction of sp³-hybridized carbons (Fsp3) is 0.400. The van der Waals surface area contributed by atoms with Gasteiger partial charge in [0.2, 0.25) is 5.95 Å². The number of H-pyrrole nitrogens is 1. The van der Waals surface area contributed by atoms with Gasteiger partial charge in [-0.2, -0.15) is 0 Å². The standard InChI is InChI=1S/C10H16N6/c1-3-4-8(11)9(7-12-2)15-16-10-13-5-6-14-10/h5-7H,3-4,11H2,1-2H3,(H,13,14)/b9-8-,12-7-,16-15+. The molecule has 3 N–H and O–H groups in total. The molecule has 0 radical (unpaired) electrons. The maximum atomic E-state index is 5.86. The number of nitrogens with zero attached hydrogens (tertiary/aromatic N) is 4. The van der Waals surface area contributed by atoms with Crippen molar-refractivity contribution in [2.45, 2.75) is 19.8 Å². The number of nitrogens with one attached hydrogen (secondary N) is 1. The molecule has 1 rings (SSSR count). The molecule has 0 atom stereocenters. The number of nitrogens with two attached hydrogens (primary N) is 1. The molecule has 6 nitrogen and oxygen atoms in total. The third kappa shape index (κ3) is 3.64. The van der Waals surface area contributed by atoms with Crippen molar-refractivity contribution in [2.24, 2.45) is 21.0 Å². The number of azo groups is 1. The predicted molar refractivity (Wildman–Crippen MR) is 63.6 cm³/mol. The first-order valence-corrected chi connectivity index (χ1v) is 5.09. The van der Waals surface area contributed by atoms with E-state index in [1.165, 1.54) is 0 Å². The van der Waals surface area contributed by atoms with Gasteiger partial charge in [-0.3, -0.25) is 4.99 Å². The van der Waals surface area contributed by atoms with Crippen molar-refractivity contribution in [3.63, 3.8) is 0 Å². The minimum atomic E-state index is 0.450. The van der Waals surface area contributed by atoms with Gasteiger partial charge >= 0.3 is 0 Å². The zero-order chi connectivity index (χ0) is 11.8.